The highest BCUT2D eigenvalue weighted by Gasteiger charge is 2.51. The molecule has 0 radical (unpaired) electrons. The average molecular weight is 755 g/mol. The molecule has 0 fully saturated rings. The number of rotatable bonds is 4. The number of para-hydroxylation sites is 4. The van der Waals surface area contributed by atoms with E-state index in [-0.39, 0.29) is 0 Å². The number of anilines is 3. The molecule has 11 aromatic rings. The van der Waals surface area contributed by atoms with Crippen molar-refractivity contribution in [1.82, 2.24) is 4.57 Å². The fourth-order valence-electron chi connectivity index (χ4n) is 10.5. The third kappa shape index (κ3) is 4.16. The summed E-state index contributed by atoms with van der Waals surface area (Å²) in [6.45, 7) is 0. The van der Waals surface area contributed by atoms with Gasteiger partial charge in [-0.25, -0.2) is 0 Å². The Balaban J connectivity index is 1.12. The lowest BCUT2D eigenvalue weighted by atomic mass is 9.65. The van der Waals surface area contributed by atoms with Crippen molar-refractivity contribution in [2.75, 3.05) is 4.90 Å². The fourth-order valence-corrected chi connectivity index (χ4v) is 11.6. The minimum absolute atomic E-state index is 0.532. The first-order valence-electron chi connectivity index (χ1n) is 20.0. The van der Waals surface area contributed by atoms with Gasteiger partial charge in [-0.05, 0) is 99.6 Å². The minimum atomic E-state index is -0.532. The van der Waals surface area contributed by atoms with Crippen molar-refractivity contribution in [3.63, 3.8) is 0 Å². The Hall–Kier alpha value is -7.20. The molecule has 2 nitrogen and oxygen atoms in total. The molecule has 0 bridgehead atoms. The predicted octanol–water partition coefficient (Wildman–Crippen LogP) is 15.0. The average Bonchev–Trinajstić information content (AvgIpc) is 3.93. The van der Waals surface area contributed by atoms with Crippen molar-refractivity contribution < 1.29 is 0 Å². The first-order valence-corrected chi connectivity index (χ1v) is 20.8. The molecule has 0 saturated heterocycles. The lowest BCUT2D eigenvalue weighted by Crippen LogP contribution is -2.33. The maximum absolute atomic E-state index is 2.54. The summed E-state index contributed by atoms with van der Waals surface area (Å²) in [4.78, 5) is 2.47. The minimum Gasteiger partial charge on any atom is -0.310 e. The predicted molar refractivity (Wildman–Crippen MR) is 245 cm³/mol. The summed E-state index contributed by atoms with van der Waals surface area (Å²) in [7, 11) is 0. The molecular weight excluding hydrogens is 721 g/mol. The molecule has 1 aliphatic carbocycles. The van der Waals surface area contributed by atoms with Gasteiger partial charge in [-0.15, -0.1) is 11.3 Å². The summed E-state index contributed by atoms with van der Waals surface area (Å²) < 4.78 is 5.17. The first-order chi connectivity index (χ1) is 28.8. The second kappa shape index (κ2) is 11.9. The van der Waals surface area contributed by atoms with E-state index in [9.17, 15) is 0 Å². The fraction of sp³-hybridized carbons (Fsp3) is 0.0182. The molecule has 0 atom stereocenters. The number of aromatic nitrogens is 1. The number of benzene rings is 9. The molecule has 2 aliphatic rings. The second-order valence-electron chi connectivity index (χ2n) is 15.6. The van der Waals surface area contributed by atoms with Crippen molar-refractivity contribution in [2.45, 2.75) is 5.41 Å². The van der Waals surface area contributed by atoms with Crippen LogP contribution in [0.3, 0.4) is 0 Å². The van der Waals surface area contributed by atoms with E-state index in [1.165, 1.54) is 92.2 Å². The van der Waals surface area contributed by atoms with Crippen molar-refractivity contribution in [1.29, 1.82) is 0 Å². The van der Waals surface area contributed by atoms with Crippen LogP contribution in [0.25, 0.3) is 69.9 Å². The molecular formula is C55H34N2S. The van der Waals surface area contributed by atoms with E-state index >= 15 is 0 Å². The largest absolute Gasteiger partial charge is 0.310 e. The molecule has 0 unspecified atom stereocenters. The van der Waals surface area contributed by atoms with Gasteiger partial charge >= 0.3 is 0 Å². The van der Waals surface area contributed by atoms with Gasteiger partial charge in [0.1, 0.15) is 0 Å². The van der Waals surface area contributed by atoms with E-state index in [0.717, 1.165) is 17.1 Å². The zero-order valence-corrected chi connectivity index (χ0v) is 32.2. The van der Waals surface area contributed by atoms with Gasteiger partial charge in [0.15, 0.2) is 0 Å². The van der Waals surface area contributed by atoms with E-state index in [1.54, 1.807) is 0 Å². The van der Waals surface area contributed by atoms with Gasteiger partial charge in [0.2, 0.25) is 0 Å². The van der Waals surface area contributed by atoms with Gasteiger partial charge in [-0.1, -0.05) is 146 Å². The molecule has 0 amide bonds. The number of nitrogens with zero attached hydrogens (tertiary/aromatic N) is 2. The van der Waals surface area contributed by atoms with Crippen molar-refractivity contribution in [2.24, 2.45) is 0 Å². The highest BCUT2D eigenvalue weighted by atomic mass is 32.1. The third-order valence-electron chi connectivity index (χ3n) is 12.8. The van der Waals surface area contributed by atoms with Crippen molar-refractivity contribution in [3.05, 3.63) is 229 Å². The monoisotopic (exact) mass is 754 g/mol. The van der Waals surface area contributed by atoms with E-state index in [2.05, 4.69) is 216 Å². The van der Waals surface area contributed by atoms with Crippen LogP contribution in [0.2, 0.25) is 0 Å². The Morgan fingerprint density at radius 1 is 0.397 bits per heavy atom. The Morgan fingerprint density at radius 2 is 1.03 bits per heavy atom. The number of fused-ring (bicyclic) bond motifs is 15. The van der Waals surface area contributed by atoms with Gasteiger partial charge in [0, 0.05) is 47.9 Å². The molecule has 1 spiro atoms. The van der Waals surface area contributed by atoms with Crippen LogP contribution in [0, 0.1) is 0 Å². The molecule has 1 aliphatic heterocycles. The lowest BCUT2D eigenvalue weighted by Gasteiger charge is -2.40. The van der Waals surface area contributed by atoms with E-state index in [4.69, 9.17) is 0 Å². The molecule has 13 rings (SSSR count). The topological polar surface area (TPSA) is 8.17 Å². The van der Waals surface area contributed by atoms with E-state index in [1.807, 2.05) is 11.3 Å². The molecule has 2 aromatic heterocycles. The summed E-state index contributed by atoms with van der Waals surface area (Å²) in [6.07, 6.45) is 0. The SMILES string of the molecule is c1ccc(N(c2ccc3c(c2)C2(c4ccccc4-c4ccccc42)c2cccc4c5ccccc5n-3c24)c2ccccc2-c2ccc3sc4ccccc4c3c2)cc1. The normalized spacial score (nSPS) is 13.3. The molecule has 0 N–H and O–H groups in total. The Kier molecular flexibility index (Phi) is 6.56. The van der Waals surface area contributed by atoms with Crippen molar-refractivity contribution in [3.8, 4) is 27.9 Å². The zero-order valence-electron chi connectivity index (χ0n) is 31.4. The number of hydrogen-bond donors (Lipinski definition) is 0. The lowest BCUT2D eigenvalue weighted by molar-refractivity contribution is 0.748. The van der Waals surface area contributed by atoms with Crippen LogP contribution >= 0.6 is 11.3 Å². The summed E-state index contributed by atoms with van der Waals surface area (Å²) in [5, 5.41) is 5.18. The van der Waals surface area contributed by atoms with Crippen LogP contribution in [-0.4, -0.2) is 4.57 Å². The summed E-state index contributed by atoms with van der Waals surface area (Å²) in [5.41, 5.74) is 16.9. The van der Waals surface area contributed by atoms with Crippen LogP contribution < -0.4 is 4.90 Å². The zero-order chi connectivity index (χ0) is 38.0. The highest BCUT2D eigenvalue weighted by molar-refractivity contribution is 7.25. The summed E-state index contributed by atoms with van der Waals surface area (Å²) in [6, 6.07) is 76.9. The first kappa shape index (κ1) is 31.9. The second-order valence-corrected chi connectivity index (χ2v) is 16.7. The third-order valence-corrected chi connectivity index (χ3v) is 13.9. The molecule has 3 heterocycles. The van der Waals surface area contributed by atoms with Crippen LogP contribution in [0.4, 0.5) is 17.1 Å². The van der Waals surface area contributed by atoms with Crippen LogP contribution in [0.15, 0.2) is 206 Å². The molecule has 9 aromatic carbocycles. The van der Waals surface area contributed by atoms with Crippen LogP contribution in [0.1, 0.15) is 22.3 Å². The molecule has 3 heteroatoms. The standard InChI is InChI=1S/C55H34N2S/c1-2-15-36(16-3-1)56(49-26-11-6-17-38(49)35-29-32-53-44(33-35)42-21-8-13-28-52(42)58-53)37-30-31-51-48(34-37)55(45-23-9-4-18-39(45)40-19-5-10-24-46(40)55)47-25-14-22-43-41-20-7-12-27-50(41)57(51)54(43)47/h1-34H. The molecule has 270 valence electrons. The molecule has 58 heavy (non-hydrogen) atoms. The van der Waals surface area contributed by atoms with E-state index < -0.39 is 5.41 Å². The Bertz CT molecular complexity index is 3430. The smallest absolute Gasteiger partial charge is 0.0755 e. The van der Waals surface area contributed by atoms with Gasteiger partial charge in [0.05, 0.1) is 27.8 Å². The maximum Gasteiger partial charge on any atom is 0.0755 e. The Morgan fingerprint density at radius 3 is 1.86 bits per heavy atom. The van der Waals surface area contributed by atoms with Crippen LogP contribution in [0.5, 0.6) is 0 Å². The van der Waals surface area contributed by atoms with Gasteiger partial charge in [0.25, 0.3) is 0 Å². The van der Waals surface area contributed by atoms with Crippen molar-refractivity contribution >= 4 is 70.4 Å². The highest BCUT2D eigenvalue weighted by Crippen LogP contribution is 2.61. The Labute approximate surface area is 340 Å². The quantitative estimate of drug-likeness (QED) is 0.174. The van der Waals surface area contributed by atoms with Gasteiger partial charge < -0.3 is 9.47 Å². The van der Waals surface area contributed by atoms with E-state index in [0.29, 0.717) is 0 Å². The van der Waals surface area contributed by atoms with Gasteiger partial charge in [-0.2, -0.15) is 0 Å². The van der Waals surface area contributed by atoms with Gasteiger partial charge in [-0.3, -0.25) is 0 Å². The van der Waals surface area contributed by atoms with Crippen LogP contribution in [-0.2, 0) is 5.41 Å². The molecule has 0 saturated carbocycles. The maximum atomic E-state index is 2.54. The summed E-state index contributed by atoms with van der Waals surface area (Å²) in [5.74, 6) is 0. The number of thiophene rings is 1. The number of hydrogen-bond acceptors (Lipinski definition) is 2. The summed E-state index contributed by atoms with van der Waals surface area (Å²) >= 11 is 1.86.